The van der Waals surface area contributed by atoms with Gasteiger partial charge in [0.15, 0.2) is 0 Å². The quantitative estimate of drug-likeness (QED) is 0.799. The van der Waals surface area contributed by atoms with Gasteiger partial charge in [-0.05, 0) is 30.7 Å². The third-order valence-electron chi connectivity index (χ3n) is 2.94. The van der Waals surface area contributed by atoms with Crippen LogP contribution < -0.4 is 4.74 Å². The lowest BCUT2D eigenvalue weighted by Gasteiger charge is -2.21. The third kappa shape index (κ3) is 2.15. The number of amides is 1. The van der Waals surface area contributed by atoms with Crippen molar-refractivity contribution in [3.05, 3.63) is 33.8 Å². The average molecular weight is 310 g/mol. The Morgan fingerprint density at radius 3 is 3.06 bits per heavy atom. The standard InChI is InChI=1S/C13H12BrNO3/c14-11-2-3-12-9(7-11)6-10(8-17-12)13(16)15-4-1-5-18-15/h2-3,6-7H,1,4-5,8H2. The Kier molecular flexibility index (Phi) is 3.09. The first-order chi connectivity index (χ1) is 8.74. The van der Waals surface area contributed by atoms with E-state index in [1.807, 2.05) is 24.3 Å². The lowest BCUT2D eigenvalue weighted by Crippen LogP contribution is -2.30. The molecule has 2 aliphatic heterocycles. The van der Waals surface area contributed by atoms with Gasteiger partial charge in [-0.25, -0.2) is 5.06 Å². The number of fused-ring (bicyclic) bond motifs is 1. The minimum Gasteiger partial charge on any atom is -0.488 e. The van der Waals surface area contributed by atoms with E-state index in [1.54, 1.807) is 0 Å². The van der Waals surface area contributed by atoms with Gasteiger partial charge in [0.2, 0.25) is 0 Å². The number of rotatable bonds is 1. The molecule has 1 saturated heterocycles. The van der Waals surface area contributed by atoms with Gasteiger partial charge in [-0.1, -0.05) is 15.9 Å². The Morgan fingerprint density at radius 2 is 2.28 bits per heavy atom. The van der Waals surface area contributed by atoms with Crippen molar-refractivity contribution in [1.29, 1.82) is 0 Å². The van der Waals surface area contributed by atoms with Crippen molar-refractivity contribution in [2.75, 3.05) is 19.8 Å². The summed E-state index contributed by atoms with van der Waals surface area (Å²) in [7, 11) is 0. The molecule has 0 radical (unpaired) electrons. The van der Waals surface area contributed by atoms with E-state index >= 15 is 0 Å². The number of halogens is 1. The predicted molar refractivity (Wildman–Crippen MR) is 69.9 cm³/mol. The van der Waals surface area contributed by atoms with Crippen LogP contribution in [0.15, 0.2) is 28.2 Å². The van der Waals surface area contributed by atoms with Gasteiger partial charge >= 0.3 is 0 Å². The number of nitrogens with zero attached hydrogens (tertiary/aromatic N) is 1. The van der Waals surface area contributed by atoms with Crippen molar-refractivity contribution in [2.24, 2.45) is 0 Å². The number of hydrogen-bond donors (Lipinski definition) is 0. The number of hydroxylamine groups is 2. The van der Waals surface area contributed by atoms with Gasteiger partial charge < -0.3 is 4.74 Å². The van der Waals surface area contributed by atoms with Crippen LogP contribution in [0, 0.1) is 0 Å². The molecule has 0 atom stereocenters. The normalized spacial score (nSPS) is 18.1. The summed E-state index contributed by atoms with van der Waals surface area (Å²) in [5, 5.41) is 1.41. The lowest BCUT2D eigenvalue weighted by molar-refractivity contribution is -0.164. The smallest absolute Gasteiger partial charge is 0.276 e. The van der Waals surface area contributed by atoms with E-state index in [4.69, 9.17) is 9.57 Å². The fourth-order valence-electron chi connectivity index (χ4n) is 2.04. The minimum atomic E-state index is -0.0990. The lowest BCUT2D eigenvalue weighted by atomic mass is 10.1. The van der Waals surface area contributed by atoms with E-state index in [-0.39, 0.29) is 5.91 Å². The second-order valence-corrected chi connectivity index (χ2v) is 5.15. The molecule has 0 saturated carbocycles. The first kappa shape index (κ1) is 11.7. The maximum atomic E-state index is 12.1. The van der Waals surface area contributed by atoms with Gasteiger partial charge in [0, 0.05) is 10.0 Å². The topological polar surface area (TPSA) is 38.8 Å². The minimum absolute atomic E-state index is 0.0990. The molecular weight excluding hydrogens is 298 g/mol. The Morgan fingerprint density at radius 1 is 1.39 bits per heavy atom. The molecule has 1 fully saturated rings. The van der Waals surface area contributed by atoms with Gasteiger partial charge in [0.1, 0.15) is 12.4 Å². The fourth-order valence-corrected chi connectivity index (χ4v) is 2.42. The van der Waals surface area contributed by atoms with Gasteiger partial charge in [0.25, 0.3) is 5.91 Å². The molecule has 0 aliphatic carbocycles. The van der Waals surface area contributed by atoms with Crippen molar-refractivity contribution in [3.63, 3.8) is 0 Å². The van der Waals surface area contributed by atoms with Crippen LogP contribution in [0.3, 0.4) is 0 Å². The van der Waals surface area contributed by atoms with Crippen LogP contribution >= 0.6 is 15.9 Å². The molecule has 0 N–H and O–H groups in total. The highest BCUT2D eigenvalue weighted by Gasteiger charge is 2.25. The summed E-state index contributed by atoms with van der Waals surface area (Å²) in [5.74, 6) is 0.704. The van der Waals surface area contributed by atoms with E-state index in [2.05, 4.69) is 15.9 Å². The highest BCUT2D eigenvalue weighted by molar-refractivity contribution is 9.10. The Labute approximate surface area is 113 Å². The summed E-state index contributed by atoms with van der Waals surface area (Å²) in [6, 6.07) is 5.75. The van der Waals surface area contributed by atoms with Crippen molar-refractivity contribution in [1.82, 2.24) is 5.06 Å². The molecule has 18 heavy (non-hydrogen) atoms. The zero-order valence-corrected chi connectivity index (χ0v) is 11.3. The molecule has 2 aliphatic rings. The highest BCUT2D eigenvalue weighted by Crippen LogP contribution is 2.29. The third-order valence-corrected chi connectivity index (χ3v) is 3.43. The van der Waals surface area contributed by atoms with Crippen LogP contribution in [0.1, 0.15) is 12.0 Å². The second-order valence-electron chi connectivity index (χ2n) is 4.23. The molecular formula is C13H12BrNO3. The molecule has 0 bridgehead atoms. The molecule has 2 heterocycles. The average Bonchev–Trinajstić information content (AvgIpc) is 2.90. The van der Waals surface area contributed by atoms with Gasteiger partial charge in [-0.2, -0.15) is 0 Å². The van der Waals surface area contributed by atoms with E-state index in [0.29, 0.717) is 25.3 Å². The zero-order valence-electron chi connectivity index (χ0n) is 9.69. The Hall–Kier alpha value is -1.33. The molecule has 1 aromatic carbocycles. The summed E-state index contributed by atoms with van der Waals surface area (Å²) in [5.41, 5.74) is 1.54. The summed E-state index contributed by atoms with van der Waals surface area (Å²) >= 11 is 3.41. The number of carbonyl (C=O) groups is 1. The first-order valence-electron chi connectivity index (χ1n) is 5.82. The van der Waals surface area contributed by atoms with Crippen molar-refractivity contribution in [3.8, 4) is 5.75 Å². The van der Waals surface area contributed by atoms with Crippen molar-refractivity contribution < 1.29 is 14.4 Å². The number of benzene rings is 1. The van der Waals surface area contributed by atoms with Crippen LogP contribution in [0.4, 0.5) is 0 Å². The molecule has 0 spiro atoms. The molecule has 1 amide bonds. The van der Waals surface area contributed by atoms with Crippen LogP contribution in [0.5, 0.6) is 5.75 Å². The number of hydrogen-bond acceptors (Lipinski definition) is 3. The second kappa shape index (κ2) is 4.74. The van der Waals surface area contributed by atoms with Gasteiger partial charge in [0.05, 0.1) is 18.7 Å². The largest absolute Gasteiger partial charge is 0.488 e. The summed E-state index contributed by atoms with van der Waals surface area (Å²) < 4.78 is 6.54. The highest BCUT2D eigenvalue weighted by atomic mass is 79.9. The predicted octanol–water partition coefficient (Wildman–Crippen LogP) is 2.39. The molecule has 94 valence electrons. The van der Waals surface area contributed by atoms with E-state index in [9.17, 15) is 4.79 Å². The maximum Gasteiger partial charge on any atom is 0.276 e. The van der Waals surface area contributed by atoms with Gasteiger partial charge in [-0.3, -0.25) is 9.63 Å². The van der Waals surface area contributed by atoms with Crippen LogP contribution in [-0.4, -0.2) is 30.7 Å². The van der Waals surface area contributed by atoms with E-state index < -0.39 is 0 Å². The number of ether oxygens (including phenoxy) is 1. The Bertz CT molecular complexity index is 521. The van der Waals surface area contributed by atoms with E-state index in [0.717, 1.165) is 22.2 Å². The molecule has 3 rings (SSSR count). The van der Waals surface area contributed by atoms with Crippen molar-refractivity contribution >= 4 is 27.9 Å². The SMILES string of the molecule is O=C(C1=Cc2cc(Br)ccc2OC1)N1CCCO1. The van der Waals surface area contributed by atoms with Crippen LogP contribution in [0.2, 0.25) is 0 Å². The summed E-state index contributed by atoms with van der Waals surface area (Å²) in [6.07, 6.45) is 2.76. The molecule has 0 aromatic heterocycles. The van der Waals surface area contributed by atoms with Crippen LogP contribution in [0.25, 0.3) is 6.08 Å². The molecule has 0 unspecified atom stereocenters. The molecule has 1 aromatic rings. The molecule has 4 nitrogen and oxygen atoms in total. The van der Waals surface area contributed by atoms with Crippen molar-refractivity contribution in [2.45, 2.75) is 6.42 Å². The zero-order chi connectivity index (χ0) is 12.5. The first-order valence-corrected chi connectivity index (χ1v) is 6.61. The fraction of sp³-hybridized carbons (Fsp3) is 0.308. The summed E-state index contributed by atoms with van der Waals surface area (Å²) in [6.45, 7) is 1.57. The summed E-state index contributed by atoms with van der Waals surface area (Å²) in [4.78, 5) is 17.4. The van der Waals surface area contributed by atoms with E-state index in [1.165, 1.54) is 5.06 Å². The molecule has 5 heteroatoms. The Balaban J connectivity index is 1.88. The maximum absolute atomic E-state index is 12.1. The monoisotopic (exact) mass is 309 g/mol. The number of carbonyl (C=O) groups excluding carboxylic acids is 1. The van der Waals surface area contributed by atoms with Gasteiger partial charge in [-0.15, -0.1) is 0 Å². The van der Waals surface area contributed by atoms with Crippen LogP contribution in [-0.2, 0) is 9.63 Å².